The summed E-state index contributed by atoms with van der Waals surface area (Å²) in [5.41, 5.74) is 5.58. The van der Waals surface area contributed by atoms with Crippen molar-refractivity contribution < 1.29 is 4.79 Å². The first-order valence-electron chi connectivity index (χ1n) is 5.92. The molecule has 4 nitrogen and oxygen atoms in total. The molecule has 0 aliphatic heterocycles. The Morgan fingerprint density at radius 3 is 2.67 bits per heavy atom. The molecule has 1 rings (SSSR count). The molecule has 1 saturated carbocycles. The predicted molar refractivity (Wildman–Crippen MR) is 61.6 cm³/mol. The number of rotatable bonds is 7. The van der Waals surface area contributed by atoms with Crippen LogP contribution < -0.4 is 11.1 Å². The van der Waals surface area contributed by atoms with Gasteiger partial charge < -0.3 is 11.1 Å². The number of hydrogen-bond acceptors (Lipinski definition) is 3. The van der Waals surface area contributed by atoms with Gasteiger partial charge in [0.1, 0.15) is 0 Å². The van der Waals surface area contributed by atoms with E-state index in [-0.39, 0.29) is 5.91 Å². The Morgan fingerprint density at radius 1 is 1.47 bits per heavy atom. The van der Waals surface area contributed by atoms with Crippen LogP contribution in [0, 0.1) is 0 Å². The summed E-state index contributed by atoms with van der Waals surface area (Å²) in [6.45, 7) is 2.70. The van der Waals surface area contributed by atoms with Crippen molar-refractivity contribution in [1.29, 1.82) is 0 Å². The second-order valence-electron chi connectivity index (χ2n) is 4.19. The highest BCUT2D eigenvalue weighted by Gasteiger charge is 2.23. The van der Waals surface area contributed by atoms with E-state index in [4.69, 9.17) is 5.73 Å². The van der Waals surface area contributed by atoms with Gasteiger partial charge in [0, 0.05) is 32.6 Å². The molecule has 0 aromatic heterocycles. The highest BCUT2D eigenvalue weighted by atomic mass is 16.1. The Hall–Kier alpha value is -0.610. The van der Waals surface area contributed by atoms with Crippen LogP contribution in [0.3, 0.4) is 0 Å². The summed E-state index contributed by atoms with van der Waals surface area (Å²) >= 11 is 0. The molecule has 0 atom stereocenters. The SMILES string of the molecule is CNC(=O)CCCN(CCN)C1CCC1. The van der Waals surface area contributed by atoms with Crippen molar-refractivity contribution in [3.63, 3.8) is 0 Å². The zero-order valence-corrected chi connectivity index (χ0v) is 9.67. The molecule has 15 heavy (non-hydrogen) atoms. The van der Waals surface area contributed by atoms with Gasteiger partial charge >= 0.3 is 0 Å². The van der Waals surface area contributed by atoms with Crippen LogP contribution in [0.25, 0.3) is 0 Å². The first-order valence-corrected chi connectivity index (χ1v) is 5.92. The van der Waals surface area contributed by atoms with E-state index in [1.165, 1.54) is 19.3 Å². The van der Waals surface area contributed by atoms with Gasteiger partial charge in [0.25, 0.3) is 0 Å². The summed E-state index contributed by atoms with van der Waals surface area (Å²) in [5, 5.41) is 2.65. The minimum absolute atomic E-state index is 0.135. The van der Waals surface area contributed by atoms with Crippen LogP contribution in [0.4, 0.5) is 0 Å². The molecule has 1 fully saturated rings. The van der Waals surface area contributed by atoms with Crippen molar-refractivity contribution in [1.82, 2.24) is 10.2 Å². The standard InChI is InChI=1S/C11H23N3O/c1-13-11(15)6-3-8-14(9-7-12)10-4-2-5-10/h10H,2-9,12H2,1H3,(H,13,15). The molecule has 0 unspecified atom stereocenters. The highest BCUT2D eigenvalue weighted by molar-refractivity contribution is 5.75. The van der Waals surface area contributed by atoms with Crippen LogP contribution >= 0.6 is 0 Å². The van der Waals surface area contributed by atoms with Crippen molar-refractivity contribution >= 4 is 5.91 Å². The molecule has 1 aliphatic carbocycles. The van der Waals surface area contributed by atoms with Crippen molar-refractivity contribution in [3.8, 4) is 0 Å². The van der Waals surface area contributed by atoms with Gasteiger partial charge in [-0.3, -0.25) is 9.69 Å². The molecular weight excluding hydrogens is 190 g/mol. The van der Waals surface area contributed by atoms with Crippen LogP contribution in [-0.4, -0.2) is 43.5 Å². The van der Waals surface area contributed by atoms with Gasteiger partial charge in [0.05, 0.1) is 0 Å². The molecule has 0 aromatic carbocycles. The van der Waals surface area contributed by atoms with E-state index < -0.39 is 0 Å². The molecular formula is C11H23N3O. The van der Waals surface area contributed by atoms with Gasteiger partial charge in [-0.05, 0) is 25.8 Å². The van der Waals surface area contributed by atoms with Crippen molar-refractivity contribution in [3.05, 3.63) is 0 Å². The van der Waals surface area contributed by atoms with Crippen LogP contribution in [0.1, 0.15) is 32.1 Å². The summed E-state index contributed by atoms with van der Waals surface area (Å²) < 4.78 is 0. The smallest absolute Gasteiger partial charge is 0.219 e. The molecule has 1 amide bonds. The Morgan fingerprint density at radius 2 is 2.20 bits per heavy atom. The number of nitrogens with one attached hydrogen (secondary N) is 1. The minimum Gasteiger partial charge on any atom is -0.359 e. The normalized spacial score (nSPS) is 16.5. The third kappa shape index (κ3) is 4.18. The minimum atomic E-state index is 0.135. The van der Waals surface area contributed by atoms with Crippen molar-refractivity contribution in [2.45, 2.75) is 38.1 Å². The molecule has 0 radical (unpaired) electrons. The fraction of sp³-hybridized carbons (Fsp3) is 0.909. The quantitative estimate of drug-likeness (QED) is 0.640. The van der Waals surface area contributed by atoms with Gasteiger partial charge in [-0.25, -0.2) is 0 Å². The zero-order chi connectivity index (χ0) is 11.1. The Balaban J connectivity index is 2.16. The van der Waals surface area contributed by atoms with Crippen molar-refractivity contribution in [2.24, 2.45) is 5.73 Å². The second kappa shape index (κ2) is 6.80. The lowest BCUT2D eigenvalue weighted by Crippen LogP contribution is -2.43. The molecule has 0 aromatic rings. The van der Waals surface area contributed by atoms with E-state index >= 15 is 0 Å². The summed E-state index contributed by atoms with van der Waals surface area (Å²) in [5.74, 6) is 0.135. The van der Waals surface area contributed by atoms with Crippen LogP contribution in [0.5, 0.6) is 0 Å². The lowest BCUT2D eigenvalue weighted by atomic mass is 9.91. The zero-order valence-electron chi connectivity index (χ0n) is 9.67. The fourth-order valence-corrected chi connectivity index (χ4v) is 1.96. The molecule has 0 saturated heterocycles. The average molecular weight is 213 g/mol. The van der Waals surface area contributed by atoms with E-state index in [2.05, 4.69) is 10.2 Å². The molecule has 0 spiro atoms. The molecule has 0 bridgehead atoms. The number of carbonyl (C=O) groups excluding carboxylic acids is 1. The lowest BCUT2D eigenvalue weighted by molar-refractivity contribution is -0.120. The van der Waals surface area contributed by atoms with Gasteiger partial charge in [0.15, 0.2) is 0 Å². The topological polar surface area (TPSA) is 58.4 Å². The lowest BCUT2D eigenvalue weighted by Gasteiger charge is -2.37. The summed E-state index contributed by atoms with van der Waals surface area (Å²) in [6, 6.07) is 0.734. The fourth-order valence-electron chi connectivity index (χ4n) is 1.96. The van der Waals surface area contributed by atoms with Gasteiger partial charge in [0.2, 0.25) is 5.91 Å². The largest absolute Gasteiger partial charge is 0.359 e. The van der Waals surface area contributed by atoms with E-state index in [0.29, 0.717) is 6.42 Å². The van der Waals surface area contributed by atoms with E-state index in [1.54, 1.807) is 7.05 Å². The third-order valence-electron chi connectivity index (χ3n) is 3.14. The molecule has 1 aliphatic rings. The maximum atomic E-state index is 11.1. The average Bonchev–Trinajstić information content (AvgIpc) is 2.15. The van der Waals surface area contributed by atoms with Crippen LogP contribution in [0.2, 0.25) is 0 Å². The Kier molecular flexibility index (Phi) is 5.65. The summed E-state index contributed by atoms with van der Waals surface area (Å²) in [7, 11) is 1.69. The third-order valence-corrected chi connectivity index (χ3v) is 3.14. The maximum Gasteiger partial charge on any atom is 0.219 e. The number of amides is 1. The van der Waals surface area contributed by atoms with Gasteiger partial charge in [-0.2, -0.15) is 0 Å². The van der Waals surface area contributed by atoms with E-state index in [9.17, 15) is 4.79 Å². The van der Waals surface area contributed by atoms with E-state index in [0.717, 1.165) is 32.1 Å². The first-order chi connectivity index (χ1) is 7.27. The van der Waals surface area contributed by atoms with Crippen LogP contribution in [-0.2, 0) is 4.79 Å². The van der Waals surface area contributed by atoms with Gasteiger partial charge in [-0.15, -0.1) is 0 Å². The maximum absolute atomic E-state index is 11.1. The number of nitrogens with two attached hydrogens (primary N) is 1. The number of carbonyl (C=O) groups is 1. The molecule has 0 heterocycles. The van der Waals surface area contributed by atoms with Crippen molar-refractivity contribution in [2.75, 3.05) is 26.7 Å². The molecule has 4 heteroatoms. The Labute approximate surface area is 92.2 Å². The predicted octanol–water partition coefficient (Wildman–Crippen LogP) is 0.326. The summed E-state index contributed by atoms with van der Waals surface area (Å²) in [4.78, 5) is 13.5. The summed E-state index contributed by atoms with van der Waals surface area (Å²) in [6.07, 6.45) is 5.53. The van der Waals surface area contributed by atoms with E-state index in [1.807, 2.05) is 0 Å². The monoisotopic (exact) mass is 213 g/mol. The highest BCUT2D eigenvalue weighted by Crippen LogP contribution is 2.24. The second-order valence-corrected chi connectivity index (χ2v) is 4.19. The molecule has 3 N–H and O–H groups in total. The van der Waals surface area contributed by atoms with Crippen LogP contribution in [0.15, 0.2) is 0 Å². The number of nitrogens with zero attached hydrogens (tertiary/aromatic N) is 1. The Bertz CT molecular complexity index is 192. The molecule has 88 valence electrons. The van der Waals surface area contributed by atoms with Gasteiger partial charge in [-0.1, -0.05) is 6.42 Å². The first kappa shape index (κ1) is 12.5. The number of hydrogen-bond donors (Lipinski definition) is 2.